The Hall–Kier alpha value is -2.49. The highest BCUT2D eigenvalue weighted by atomic mass is 32.1. The van der Waals surface area contributed by atoms with E-state index in [1.54, 1.807) is 18.2 Å². The highest BCUT2D eigenvalue weighted by molar-refractivity contribution is 7.80. The third kappa shape index (κ3) is 3.28. The quantitative estimate of drug-likeness (QED) is 0.495. The molecule has 2 aromatic carbocycles. The molecular weight excluding hydrogens is 386 g/mol. The van der Waals surface area contributed by atoms with Gasteiger partial charge in [-0.1, -0.05) is 17.4 Å². The molecule has 0 saturated heterocycles. The summed E-state index contributed by atoms with van der Waals surface area (Å²) in [5, 5.41) is 6.53. The van der Waals surface area contributed by atoms with Gasteiger partial charge in [0, 0.05) is 5.56 Å². The average molecular weight is 400 g/mol. The van der Waals surface area contributed by atoms with Gasteiger partial charge in [-0.15, -0.1) is 0 Å². The van der Waals surface area contributed by atoms with E-state index in [2.05, 4.69) is 43.4 Å². The van der Waals surface area contributed by atoms with Crippen LogP contribution in [-0.2, 0) is 0 Å². The summed E-state index contributed by atoms with van der Waals surface area (Å²) in [5.41, 5.74) is 5.19. The van der Waals surface area contributed by atoms with Crippen molar-refractivity contribution in [1.82, 2.24) is 19.0 Å². The monoisotopic (exact) mass is 399 g/mol. The second-order valence-corrected chi connectivity index (χ2v) is 7.79. The van der Waals surface area contributed by atoms with Crippen LogP contribution in [0.2, 0.25) is 0 Å². The molecule has 0 bridgehead atoms. The van der Waals surface area contributed by atoms with Crippen molar-refractivity contribution in [2.24, 2.45) is 0 Å². The Morgan fingerprint density at radius 1 is 1.12 bits per heavy atom. The van der Waals surface area contributed by atoms with Crippen LogP contribution in [0.3, 0.4) is 0 Å². The van der Waals surface area contributed by atoms with E-state index in [-0.39, 0.29) is 11.0 Å². The number of thiazole rings is 1. The van der Waals surface area contributed by atoms with Gasteiger partial charge in [-0.25, -0.2) is 4.98 Å². The van der Waals surface area contributed by atoms with Gasteiger partial charge in [-0.3, -0.25) is 10.1 Å². The van der Waals surface area contributed by atoms with Crippen LogP contribution in [0.25, 0.3) is 21.3 Å². The molecule has 1 amide bonds. The normalized spacial score (nSPS) is 11.0. The zero-order valence-electron chi connectivity index (χ0n) is 13.9. The van der Waals surface area contributed by atoms with E-state index in [1.807, 2.05) is 6.92 Å². The van der Waals surface area contributed by atoms with E-state index in [0.717, 1.165) is 33.0 Å². The largest absolute Gasteiger partial charge is 0.308 e. The van der Waals surface area contributed by atoms with Crippen LogP contribution < -0.4 is 10.6 Å². The Kier molecular flexibility index (Phi) is 4.35. The molecule has 26 heavy (non-hydrogen) atoms. The Labute approximate surface area is 162 Å². The predicted octanol–water partition coefficient (Wildman–Crippen LogP) is 4.04. The predicted molar refractivity (Wildman–Crippen MR) is 110 cm³/mol. The fourth-order valence-electron chi connectivity index (χ4n) is 2.65. The van der Waals surface area contributed by atoms with Gasteiger partial charge in [0.05, 0.1) is 21.9 Å². The minimum atomic E-state index is -0.300. The molecule has 2 aromatic heterocycles. The van der Waals surface area contributed by atoms with E-state index in [0.29, 0.717) is 16.2 Å². The number of aryl methyl sites for hydroxylation is 2. The smallest absolute Gasteiger partial charge is 0.257 e. The van der Waals surface area contributed by atoms with Crippen LogP contribution in [0.4, 0.5) is 5.13 Å². The summed E-state index contributed by atoms with van der Waals surface area (Å²) in [6.07, 6.45) is 0. The summed E-state index contributed by atoms with van der Waals surface area (Å²) in [6, 6.07) is 9.34. The van der Waals surface area contributed by atoms with Crippen LogP contribution in [0.1, 0.15) is 21.5 Å². The lowest BCUT2D eigenvalue weighted by Crippen LogP contribution is -2.34. The molecule has 0 atom stereocenters. The van der Waals surface area contributed by atoms with Crippen LogP contribution >= 0.6 is 35.3 Å². The number of carbonyl (C=O) groups is 1. The number of fused-ring (bicyclic) bond motifs is 2. The Morgan fingerprint density at radius 3 is 2.77 bits per heavy atom. The second-order valence-electron chi connectivity index (χ2n) is 5.82. The van der Waals surface area contributed by atoms with Gasteiger partial charge >= 0.3 is 0 Å². The van der Waals surface area contributed by atoms with Crippen LogP contribution in [0.15, 0.2) is 30.3 Å². The van der Waals surface area contributed by atoms with E-state index in [1.165, 1.54) is 16.9 Å². The van der Waals surface area contributed by atoms with Crippen molar-refractivity contribution in [3.63, 3.8) is 0 Å². The van der Waals surface area contributed by atoms with Crippen molar-refractivity contribution in [3.05, 3.63) is 47.0 Å². The molecule has 2 N–H and O–H groups in total. The molecule has 0 aliphatic carbocycles. The average Bonchev–Trinajstić information content (AvgIpc) is 3.20. The van der Waals surface area contributed by atoms with Crippen molar-refractivity contribution in [2.45, 2.75) is 13.8 Å². The number of aromatic nitrogens is 3. The number of nitrogens with one attached hydrogen (secondary N) is 2. The van der Waals surface area contributed by atoms with Gasteiger partial charge in [-0.2, -0.15) is 8.75 Å². The number of carbonyl (C=O) groups excluding carboxylic acids is 1. The molecule has 130 valence electrons. The molecule has 9 heteroatoms. The van der Waals surface area contributed by atoms with Crippen LogP contribution in [0, 0.1) is 13.8 Å². The highest BCUT2D eigenvalue weighted by Gasteiger charge is 2.12. The number of anilines is 1. The SMILES string of the molecule is Cc1cc(C)c2nc(NC(=S)NC(=O)c3ccc4nsnc4c3)sc2c1. The third-order valence-corrected chi connectivity index (χ3v) is 5.47. The number of nitrogens with zero attached hydrogens (tertiary/aromatic N) is 3. The first kappa shape index (κ1) is 17.0. The molecule has 0 spiro atoms. The van der Waals surface area contributed by atoms with Crippen molar-refractivity contribution < 1.29 is 4.79 Å². The van der Waals surface area contributed by atoms with Gasteiger partial charge < -0.3 is 5.32 Å². The van der Waals surface area contributed by atoms with Gasteiger partial charge in [0.2, 0.25) is 0 Å². The Bertz CT molecular complexity index is 1160. The molecule has 0 saturated carbocycles. The molecule has 0 aliphatic rings. The highest BCUT2D eigenvalue weighted by Crippen LogP contribution is 2.29. The molecule has 0 fully saturated rings. The van der Waals surface area contributed by atoms with E-state index < -0.39 is 0 Å². The molecule has 0 unspecified atom stereocenters. The zero-order chi connectivity index (χ0) is 18.3. The second kappa shape index (κ2) is 6.67. The van der Waals surface area contributed by atoms with Gasteiger partial charge in [0.15, 0.2) is 10.2 Å². The van der Waals surface area contributed by atoms with E-state index in [4.69, 9.17) is 12.2 Å². The topological polar surface area (TPSA) is 79.8 Å². The fourth-order valence-corrected chi connectivity index (χ4v) is 4.47. The van der Waals surface area contributed by atoms with Crippen molar-refractivity contribution in [3.8, 4) is 0 Å². The standard InChI is InChI=1S/C17H13N5OS3/c1-8-5-9(2)14-13(6-8)25-17(18-14)20-16(24)19-15(23)10-3-4-11-12(7-10)22-26-21-11/h3-7H,1-2H3,(H2,18,19,20,23,24). The van der Waals surface area contributed by atoms with E-state index >= 15 is 0 Å². The maximum atomic E-state index is 12.4. The minimum Gasteiger partial charge on any atom is -0.308 e. The van der Waals surface area contributed by atoms with Crippen molar-refractivity contribution in [2.75, 3.05) is 5.32 Å². The molecule has 0 aliphatic heterocycles. The van der Waals surface area contributed by atoms with Crippen LogP contribution in [-0.4, -0.2) is 24.8 Å². The van der Waals surface area contributed by atoms with Crippen molar-refractivity contribution in [1.29, 1.82) is 0 Å². The lowest BCUT2D eigenvalue weighted by Gasteiger charge is -2.07. The molecular formula is C17H13N5OS3. The summed E-state index contributed by atoms with van der Waals surface area (Å²) in [7, 11) is 0. The lowest BCUT2D eigenvalue weighted by atomic mass is 10.1. The first-order valence-electron chi connectivity index (χ1n) is 7.72. The fraction of sp³-hybridized carbons (Fsp3) is 0.118. The van der Waals surface area contributed by atoms with Crippen LogP contribution in [0.5, 0.6) is 0 Å². The van der Waals surface area contributed by atoms with Gasteiger partial charge in [0.1, 0.15) is 11.0 Å². The summed E-state index contributed by atoms with van der Waals surface area (Å²) in [6.45, 7) is 4.08. The first-order chi connectivity index (χ1) is 12.5. The Morgan fingerprint density at radius 2 is 1.92 bits per heavy atom. The van der Waals surface area contributed by atoms with Crippen molar-refractivity contribution >= 4 is 72.7 Å². The van der Waals surface area contributed by atoms with E-state index in [9.17, 15) is 4.79 Å². The minimum absolute atomic E-state index is 0.208. The third-order valence-electron chi connectivity index (χ3n) is 3.79. The molecule has 0 radical (unpaired) electrons. The number of hydrogen-bond acceptors (Lipinski definition) is 7. The lowest BCUT2D eigenvalue weighted by molar-refractivity contribution is 0.0978. The maximum Gasteiger partial charge on any atom is 0.257 e. The summed E-state index contributed by atoms with van der Waals surface area (Å²) in [5.74, 6) is -0.300. The number of benzene rings is 2. The summed E-state index contributed by atoms with van der Waals surface area (Å²) in [4.78, 5) is 16.9. The number of amides is 1. The molecule has 4 rings (SSSR count). The maximum absolute atomic E-state index is 12.4. The first-order valence-corrected chi connectivity index (χ1v) is 9.67. The summed E-state index contributed by atoms with van der Waals surface area (Å²) >= 11 is 7.87. The van der Waals surface area contributed by atoms with Gasteiger partial charge in [0.25, 0.3) is 5.91 Å². The Balaban J connectivity index is 1.49. The zero-order valence-corrected chi connectivity index (χ0v) is 16.3. The molecule has 4 aromatic rings. The number of hydrogen-bond donors (Lipinski definition) is 2. The molecule has 2 heterocycles. The summed E-state index contributed by atoms with van der Waals surface area (Å²) < 4.78 is 9.35. The number of thiocarbonyl (C=S) groups is 1. The van der Waals surface area contributed by atoms with Gasteiger partial charge in [-0.05, 0) is 61.5 Å². The number of rotatable bonds is 2. The molecule has 6 nitrogen and oxygen atoms in total.